The minimum atomic E-state index is 0. The molecule has 1 nitrogen and oxygen atoms in total. The first kappa shape index (κ1) is 5.58. The first-order valence-electron chi connectivity index (χ1n) is 1.34. The summed E-state index contributed by atoms with van der Waals surface area (Å²) in [5, 5.41) is 0. The van der Waals surface area contributed by atoms with Gasteiger partial charge in [-0.25, -0.2) is 0 Å². The molecule has 0 aromatic rings. The summed E-state index contributed by atoms with van der Waals surface area (Å²) in [6.07, 6.45) is 0.333. The third-order valence-electron chi connectivity index (χ3n) is 0.402. The van der Waals surface area contributed by atoms with Crippen molar-refractivity contribution in [3.63, 3.8) is 0 Å². The molecule has 2 heteroatoms. The van der Waals surface area contributed by atoms with E-state index in [0.29, 0.717) is 6.10 Å². The van der Waals surface area contributed by atoms with Crippen LogP contribution >= 0.6 is 0 Å². The van der Waals surface area contributed by atoms with Crippen LogP contribution in [-0.4, -0.2) is 12.7 Å². The molecule has 1 heterocycles. The van der Waals surface area contributed by atoms with Crippen LogP contribution in [0.25, 0.3) is 0 Å². The molecule has 1 rings (SSSR count). The molecular weight excluding hydrogens is 117 g/mol. The van der Waals surface area contributed by atoms with Crippen molar-refractivity contribution in [2.24, 2.45) is 0 Å². The van der Waals surface area contributed by atoms with Crippen LogP contribution in [0.4, 0.5) is 0 Å². The number of rotatable bonds is 0. The van der Waals surface area contributed by atoms with E-state index in [-0.39, 0.29) is 19.5 Å². The summed E-state index contributed by atoms with van der Waals surface area (Å²) in [4.78, 5) is 0. The van der Waals surface area contributed by atoms with E-state index in [2.05, 4.69) is 11.7 Å². The van der Waals surface area contributed by atoms with Crippen LogP contribution in [0.5, 0.6) is 0 Å². The Balaban J connectivity index is 0.000000160. The third kappa shape index (κ3) is 2.38. The average Bonchev–Trinajstić information content (AvgIpc) is 1.75. The van der Waals surface area contributed by atoms with E-state index in [4.69, 9.17) is 0 Å². The molecule has 0 aromatic heterocycles. The smallest absolute Gasteiger partial charge is 0.0414 e. The van der Waals surface area contributed by atoms with E-state index in [1.165, 1.54) is 0 Å². The molecule has 1 aliphatic heterocycles. The van der Waals surface area contributed by atoms with Gasteiger partial charge in [-0.3, -0.25) is 0 Å². The van der Waals surface area contributed by atoms with E-state index in [1.54, 1.807) is 0 Å². The Hall–Kier alpha value is 0.583. The van der Waals surface area contributed by atoms with Crippen molar-refractivity contribution in [2.45, 2.75) is 6.10 Å². The van der Waals surface area contributed by atoms with Crippen LogP contribution in [0.15, 0.2) is 0 Å². The van der Waals surface area contributed by atoms with E-state index in [0.717, 1.165) is 6.61 Å². The van der Waals surface area contributed by atoms with Crippen LogP contribution in [0.3, 0.4) is 0 Å². The normalized spacial score (nSPS) is 31.8. The van der Waals surface area contributed by atoms with Crippen LogP contribution in [0.1, 0.15) is 0 Å². The fourth-order valence-corrected chi connectivity index (χ4v) is 0.0680. The Morgan fingerprint density at radius 3 is 2.00 bits per heavy atom. The maximum atomic E-state index is 4.60. The van der Waals surface area contributed by atoms with Crippen molar-refractivity contribution in [1.82, 2.24) is 0 Å². The molecule has 1 atom stereocenters. The molecular formula is C3H5OZn-. The van der Waals surface area contributed by atoms with Crippen LogP contribution < -0.4 is 0 Å². The fourth-order valence-electron chi connectivity index (χ4n) is 0.0680. The van der Waals surface area contributed by atoms with Crippen LogP contribution in [0.2, 0.25) is 0 Å². The maximum absolute atomic E-state index is 4.60. The van der Waals surface area contributed by atoms with Gasteiger partial charge in [-0.05, 0) is 6.10 Å². The predicted molar refractivity (Wildman–Crippen MR) is 15.1 cm³/mol. The standard InChI is InChI=1S/C3H5O.Zn/c1-3-2-4-3;/h3H,1-2H2;/q-1;. The van der Waals surface area contributed by atoms with Crippen molar-refractivity contribution in [1.29, 1.82) is 0 Å². The molecule has 1 saturated heterocycles. The Bertz CT molecular complexity index is 26.1. The summed E-state index contributed by atoms with van der Waals surface area (Å²) in [6.45, 7) is 4.40. The van der Waals surface area contributed by atoms with Gasteiger partial charge in [-0.15, -0.1) is 0 Å². The SMILES string of the molecule is [CH2-]C1CO1.[Zn]. The Kier molecular flexibility index (Phi) is 2.11. The molecule has 26 valence electrons. The molecule has 0 saturated carbocycles. The quantitative estimate of drug-likeness (QED) is 0.254. The topological polar surface area (TPSA) is 12.5 Å². The predicted octanol–water partition coefficient (Wildman–Crippen LogP) is 0.217. The Morgan fingerprint density at radius 2 is 2.00 bits per heavy atom. The molecule has 0 aromatic carbocycles. The second-order valence-electron chi connectivity index (χ2n) is 0.955. The number of hydrogen-bond acceptors (Lipinski definition) is 1. The summed E-state index contributed by atoms with van der Waals surface area (Å²) >= 11 is 0. The number of hydrogen-bond donors (Lipinski definition) is 0. The minimum Gasteiger partial charge on any atom is -0.408 e. The van der Waals surface area contributed by atoms with Crippen LogP contribution in [0, 0.1) is 6.92 Å². The van der Waals surface area contributed by atoms with Crippen molar-refractivity contribution >= 4 is 0 Å². The third-order valence-corrected chi connectivity index (χ3v) is 0.402. The van der Waals surface area contributed by atoms with Gasteiger partial charge >= 0.3 is 0 Å². The molecule has 0 bridgehead atoms. The Morgan fingerprint density at radius 1 is 1.80 bits per heavy atom. The summed E-state index contributed by atoms with van der Waals surface area (Å²) in [7, 11) is 0. The summed E-state index contributed by atoms with van der Waals surface area (Å²) in [6, 6.07) is 0. The van der Waals surface area contributed by atoms with Gasteiger partial charge in [0.05, 0.1) is 0 Å². The summed E-state index contributed by atoms with van der Waals surface area (Å²) in [5.41, 5.74) is 0. The average molecular weight is 122 g/mol. The molecule has 0 N–H and O–H groups in total. The van der Waals surface area contributed by atoms with E-state index >= 15 is 0 Å². The fraction of sp³-hybridized carbons (Fsp3) is 0.667. The molecule has 0 radical (unpaired) electrons. The molecule has 0 aliphatic carbocycles. The monoisotopic (exact) mass is 121 g/mol. The molecule has 0 spiro atoms. The van der Waals surface area contributed by atoms with E-state index in [9.17, 15) is 0 Å². The zero-order valence-corrected chi connectivity index (χ0v) is 6.07. The first-order valence-corrected chi connectivity index (χ1v) is 1.34. The van der Waals surface area contributed by atoms with Crippen molar-refractivity contribution < 1.29 is 24.2 Å². The molecule has 1 unspecified atom stereocenters. The van der Waals surface area contributed by atoms with Crippen molar-refractivity contribution in [2.75, 3.05) is 6.61 Å². The zero-order chi connectivity index (χ0) is 2.99. The second-order valence-corrected chi connectivity index (χ2v) is 0.955. The van der Waals surface area contributed by atoms with Gasteiger partial charge in [-0.1, -0.05) is 0 Å². The first-order chi connectivity index (χ1) is 1.89. The van der Waals surface area contributed by atoms with Gasteiger partial charge in [0.15, 0.2) is 0 Å². The van der Waals surface area contributed by atoms with Crippen molar-refractivity contribution in [3.8, 4) is 0 Å². The molecule has 1 fully saturated rings. The minimum absolute atomic E-state index is 0. The van der Waals surface area contributed by atoms with Gasteiger partial charge in [0.2, 0.25) is 0 Å². The van der Waals surface area contributed by atoms with Gasteiger partial charge < -0.3 is 11.7 Å². The molecule has 0 amide bonds. The Labute approximate surface area is 44.5 Å². The van der Waals surface area contributed by atoms with Gasteiger partial charge in [0.25, 0.3) is 0 Å². The number of epoxide rings is 1. The zero-order valence-electron chi connectivity index (χ0n) is 3.11. The molecule has 5 heavy (non-hydrogen) atoms. The van der Waals surface area contributed by atoms with Gasteiger partial charge in [0, 0.05) is 26.1 Å². The summed E-state index contributed by atoms with van der Waals surface area (Å²) < 4.78 is 4.60. The maximum Gasteiger partial charge on any atom is 0.0414 e. The second kappa shape index (κ2) is 1.89. The van der Waals surface area contributed by atoms with E-state index < -0.39 is 0 Å². The largest absolute Gasteiger partial charge is 0.408 e. The molecule has 1 aliphatic rings. The number of ether oxygens (including phenoxy) is 1. The summed E-state index contributed by atoms with van der Waals surface area (Å²) in [5.74, 6) is 0. The van der Waals surface area contributed by atoms with Gasteiger partial charge in [-0.2, -0.15) is 0 Å². The van der Waals surface area contributed by atoms with E-state index in [1.807, 2.05) is 0 Å². The van der Waals surface area contributed by atoms with Crippen LogP contribution in [-0.2, 0) is 24.2 Å². The van der Waals surface area contributed by atoms with Crippen molar-refractivity contribution in [3.05, 3.63) is 6.92 Å². The van der Waals surface area contributed by atoms with Gasteiger partial charge in [0.1, 0.15) is 0 Å².